The minimum atomic E-state index is -0.652. The molecule has 31 heavy (non-hydrogen) atoms. The van der Waals surface area contributed by atoms with Crippen LogP contribution in [0.4, 0.5) is 0 Å². The third-order valence-corrected chi connectivity index (χ3v) is 9.76. The average Bonchev–Trinajstić information content (AvgIpc) is 3.37. The summed E-state index contributed by atoms with van der Waals surface area (Å²) >= 11 is 1.65. The average molecular weight is 453 g/mol. The third kappa shape index (κ3) is 3.67. The molecule has 6 atom stereocenters. The van der Waals surface area contributed by atoms with E-state index in [1.165, 1.54) is 6.42 Å². The van der Waals surface area contributed by atoms with Crippen molar-refractivity contribution in [2.24, 2.45) is 17.8 Å². The van der Waals surface area contributed by atoms with Gasteiger partial charge in [-0.25, -0.2) is 0 Å². The molecule has 0 aromatic rings. The number of nitrogens with one attached hydrogen (secondary N) is 1. The molecule has 3 heterocycles. The summed E-state index contributed by atoms with van der Waals surface area (Å²) in [5, 5.41) is 13.4. The molecule has 2 unspecified atom stereocenters. The number of likely N-dealkylation sites (tertiary alicyclic amines) is 1. The normalized spacial score (nSPS) is 36.0. The van der Waals surface area contributed by atoms with Crippen molar-refractivity contribution >= 4 is 29.5 Å². The van der Waals surface area contributed by atoms with Gasteiger partial charge in [-0.15, -0.1) is 11.8 Å². The van der Waals surface area contributed by atoms with Gasteiger partial charge in [0.25, 0.3) is 0 Å². The fraction of sp³-hybridized carbons (Fsp3) is 0.870. The van der Waals surface area contributed by atoms with Crippen LogP contribution in [0.15, 0.2) is 0 Å². The fourth-order valence-corrected chi connectivity index (χ4v) is 8.59. The zero-order chi connectivity index (χ0) is 22.3. The zero-order valence-electron chi connectivity index (χ0n) is 18.8. The van der Waals surface area contributed by atoms with Gasteiger partial charge in [0.05, 0.1) is 35.8 Å². The van der Waals surface area contributed by atoms with Gasteiger partial charge in [-0.2, -0.15) is 0 Å². The molecule has 2 N–H and O–H groups in total. The van der Waals surface area contributed by atoms with Crippen LogP contribution < -0.4 is 5.32 Å². The number of carbonyl (C=O) groups excluding carboxylic acids is 3. The van der Waals surface area contributed by atoms with E-state index in [1.807, 2.05) is 13.8 Å². The van der Waals surface area contributed by atoms with Crippen molar-refractivity contribution in [3.8, 4) is 0 Å². The smallest absolute Gasteiger partial charge is 0.310 e. The molecule has 4 rings (SSSR count). The molecule has 0 aromatic heterocycles. The molecule has 0 aromatic carbocycles. The summed E-state index contributed by atoms with van der Waals surface area (Å²) in [6, 6.07) is -0.956. The van der Waals surface area contributed by atoms with Gasteiger partial charge in [0, 0.05) is 11.3 Å². The summed E-state index contributed by atoms with van der Waals surface area (Å²) in [6.45, 7) is 5.78. The highest BCUT2D eigenvalue weighted by atomic mass is 32.2. The van der Waals surface area contributed by atoms with Crippen LogP contribution in [0.3, 0.4) is 0 Å². The van der Waals surface area contributed by atoms with E-state index >= 15 is 0 Å². The van der Waals surface area contributed by atoms with Gasteiger partial charge in [0.15, 0.2) is 0 Å². The van der Waals surface area contributed by atoms with E-state index in [0.29, 0.717) is 0 Å². The summed E-state index contributed by atoms with van der Waals surface area (Å²) in [5.74, 6) is -1.66. The first kappa shape index (κ1) is 22.9. The van der Waals surface area contributed by atoms with Gasteiger partial charge < -0.3 is 20.1 Å². The maximum absolute atomic E-state index is 13.8. The second kappa shape index (κ2) is 8.93. The Labute approximate surface area is 189 Å². The number of nitrogens with zero attached hydrogens (tertiary/aromatic N) is 1. The lowest BCUT2D eigenvalue weighted by Crippen LogP contribution is -2.59. The highest BCUT2D eigenvalue weighted by Gasteiger charge is 2.74. The Kier molecular flexibility index (Phi) is 6.59. The molecule has 1 saturated carbocycles. The lowest BCUT2D eigenvalue weighted by atomic mass is 9.71. The minimum Gasteiger partial charge on any atom is -0.466 e. The number of aliphatic hydroxyl groups is 1. The van der Waals surface area contributed by atoms with E-state index in [0.717, 1.165) is 38.5 Å². The molecule has 2 bridgehead atoms. The lowest BCUT2D eigenvalue weighted by molar-refractivity contribution is -0.154. The molecule has 8 heteroatoms. The Bertz CT molecular complexity index is 725. The number of amides is 2. The Hall–Kier alpha value is -1.28. The number of hydrogen-bond donors (Lipinski definition) is 2. The number of fused-ring (bicyclic) bond motifs is 1. The Morgan fingerprint density at radius 1 is 1.26 bits per heavy atom. The molecule has 4 aliphatic rings. The Balaban J connectivity index is 1.70. The number of rotatable bonds is 7. The van der Waals surface area contributed by atoms with E-state index in [1.54, 1.807) is 23.6 Å². The van der Waals surface area contributed by atoms with Crippen molar-refractivity contribution in [3.63, 3.8) is 0 Å². The summed E-state index contributed by atoms with van der Waals surface area (Å²) in [5.41, 5.74) is 0. The Morgan fingerprint density at radius 2 is 1.97 bits per heavy atom. The van der Waals surface area contributed by atoms with E-state index in [-0.39, 0.29) is 48.2 Å². The van der Waals surface area contributed by atoms with Gasteiger partial charge in [-0.1, -0.05) is 33.1 Å². The number of aliphatic hydroxyl groups excluding tert-OH is 1. The minimum absolute atomic E-state index is 0.00241. The number of esters is 1. The van der Waals surface area contributed by atoms with Crippen molar-refractivity contribution in [2.75, 3.05) is 13.2 Å². The van der Waals surface area contributed by atoms with Crippen molar-refractivity contribution in [1.29, 1.82) is 0 Å². The van der Waals surface area contributed by atoms with E-state index in [4.69, 9.17) is 4.74 Å². The molecular weight excluding hydrogens is 416 g/mol. The van der Waals surface area contributed by atoms with Crippen molar-refractivity contribution in [2.45, 2.75) is 93.8 Å². The number of hydrogen-bond acceptors (Lipinski definition) is 6. The molecule has 1 spiro atoms. The molecule has 2 amide bonds. The predicted octanol–water partition coefficient (Wildman–Crippen LogP) is 2.11. The molecule has 174 valence electrons. The largest absolute Gasteiger partial charge is 0.466 e. The summed E-state index contributed by atoms with van der Waals surface area (Å²) < 4.78 is 4.73. The van der Waals surface area contributed by atoms with E-state index in [2.05, 4.69) is 5.32 Å². The molecule has 3 aliphatic heterocycles. The van der Waals surface area contributed by atoms with Crippen LogP contribution >= 0.6 is 11.8 Å². The van der Waals surface area contributed by atoms with Gasteiger partial charge in [-0.05, 0) is 38.5 Å². The van der Waals surface area contributed by atoms with E-state index < -0.39 is 28.7 Å². The molecule has 1 aliphatic carbocycles. The fourth-order valence-electron chi connectivity index (χ4n) is 6.40. The third-order valence-electron chi connectivity index (χ3n) is 7.81. The van der Waals surface area contributed by atoms with Gasteiger partial charge in [-0.3, -0.25) is 14.4 Å². The Morgan fingerprint density at radius 3 is 2.58 bits per heavy atom. The summed E-state index contributed by atoms with van der Waals surface area (Å²) in [6.07, 6.45) is 6.91. The second-order valence-corrected chi connectivity index (χ2v) is 11.5. The molecule has 0 radical (unpaired) electrons. The summed E-state index contributed by atoms with van der Waals surface area (Å²) in [7, 11) is 0. The highest BCUT2D eigenvalue weighted by Crippen LogP contribution is 2.66. The first-order chi connectivity index (χ1) is 14.9. The summed E-state index contributed by atoms with van der Waals surface area (Å²) in [4.78, 5) is 42.0. The zero-order valence-corrected chi connectivity index (χ0v) is 19.7. The molecule has 3 saturated heterocycles. The van der Waals surface area contributed by atoms with Crippen LogP contribution in [0.25, 0.3) is 0 Å². The maximum atomic E-state index is 13.8. The van der Waals surface area contributed by atoms with Crippen LogP contribution in [0, 0.1) is 17.8 Å². The molecular formula is C23H36N2O5S. The quantitative estimate of drug-likeness (QED) is 0.575. The number of thioether (sulfide) groups is 1. The standard InChI is InChI=1S/C23H36N2O5S/c1-4-30-22(29)17-16-10-11-23(31-16)18(17)21(28)25(15(12-26)13(2)3)19(23)20(27)24-14-8-6-5-7-9-14/h13-19,26H,4-12H2,1-3H3,(H,24,27)/t15-,16-,17+,18-,19?,23?/m0/s1. The highest BCUT2D eigenvalue weighted by molar-refractivity contribution is 8.02. The maximum Gasteiger partial charge on any atom is 0.310 e. The monoisotopic (exact) mass is 452 g/mol. The lowest BCUT2D eigenvalue weighted by Gasteiger charge is -2.39. The van der Waals surface area contributed by atoms with Crippen molar-refractivity contribution in [3.05, 3.63) is 0 Å². The van der Waals surface area contributed by atoms with Crippen LogP contribution in [0.1, 0.15) is 65.7 Å². The second-order valence-electron chi connectivity index (χ2n) is 9.89. The SMILES string of the molecule is CCOC(=O)[C@@H]1[C@@H]2CCC3(S2)C(C(=O)NC2CCCCC2)N([C@@H](CO)C(C)C)C(=O)[C@H]13. The topological polar surface area (TPSA) is 95.9 Å². The van der Waals surface area contributed by atoms with Gasteiger partial charge in [0.1, 0.15) is 6.04 Å². The van der Waals surface area contributed by atoms with E-state index in [9.17, 15) is 19.5 Å². The van der Waals surface area contributed by atoms with Crippen LogP contribution in [0.5, 0.6) is 0 Å². The number of ether oxygens (including phenoxy) is 1. The first-order valence-corrected chi connectivity index (χ1v) is 12.8. The van der Waals surface area contributed by atoms with Crippen molar-refractivity contribution in [1.82, 2.24) is 10.2 Å². The van der Waals surface area contributed by atoms with Crippen LogP contribution in [0.2, 0.25) is 0 Å². The van der Waals surface area contributed by atoms with Crippen LogP contribution in [-0.2, 0) is 19.1 Å². The molecule has 7 nitrogen and oxygen atoms in total. The predicted molar refractivity (Wildman–Crippen MR) is 118 cm³/mol. The number of carbonyl (C=O) groups is 3. The van der Waals surface area contributed by atoms with Gasteiger partial charge >= 0.3 is 5.97 Å². The van der Waals surface area contributed by atoms with Gasteiger partial charge in [0.2, 0.25) is 11.8 Å². The first-order valence-electron chi connectivity index (χ1n) is 11.9. The van der Waals surface area contributed by atoms with Crippen molar-refractivity contribution < 1.29 is 24.2 Å². The van der Waals surface area contributed by atoms with Crippen LogP contribution in [-0.4, -0.2) is 69.1 Å². The molecule has 4 fully saturated rings.